The number of nitrogens with zero attached hydrogens (tertiary/aromatic N) is 2. The van der Waals surface area contributed by atoms with Gasteiger partial charge in [0.05, 0.1) is 0 Å². The largest absolute Gasteiger partial charge is 0.465 e. The molecule has 0 spiro atoms. The van der Waals surface area contributed by atoms with Crippen LogP contribution in [0.15, 0.2) is 5.16 Å². The number of amides is 1. The lowest BCUT2D eigenvalue weighted by molar-refractivity contribution is 0.0417. The molecule has 2 unspecified atom stereocenters. The van der Waals surface area contributed by atoms with Gasteiger partial charge in [-0.15, -0.1) is 0 Å². The lowest BCUT2D eigenvalue weighted by Crippen LogP contribution is -2.51. The van der Waals surface area contributed by atoms with Crippen LogP contribution in [-0.4, -0.2) is 39.7 Å². The first kappa shape index (κ1) is 14.6. The predicted molar refractivity (Wildman–Crippen MR) is 68.7 cm³/mol. The van der Waals surface area contributed by atoms with Gasteiger partial charge < -0.3 is 20.9 Å². The Bertz CT molecular complexity index is 336. The fourth-order valence-electron chi connectivity index (χ4n) is 2.61. The molecule has 1 amide bonds. The molecule has 4 N–H and O–H groups in total. The molecule has 0 saturated carbocycles. The summed E-state index contributed by atoms with van der Waals surface area (Å²) >= 11 is 0. The second-order valence-corrected chi connectivity index (χ2v) is 6.04. The van der Waals surface area contributed by atoms with E-state index in [0.29, 0.717) is 13.0 Å². The maximum absolute atomic E-state index is 11.2. The number of likely N-dealkylation sites (tertiary alicyclic amines) is 1. The third-order valence-corrected chi connectivity index (χ3v) is 3.58. The molecule has 1 heterocycles. The number of carboxylic acid groups (broad SMARTS) is 1. The Kier molecular flexibility index (Phi) is 4.43. The van der Waals surface area contributed by atoms with Crippen molar-refractivity contribution in [2.24, 2.45) is 22.2 Å². The average Bonchev–Trinajstić information content (AvgIpc) is 2.27. The van der Waals surface area contributed by atoms with E-state index in [0.717, 1.165) is 12.8 Å². The summed E-state index contributed by atoms with van der Waals surface area (Å²) in [6, 6.07) is -0.0276. The summed E-state index contributed by atoms with van der Waals surface area (Å²) in [5.74, 6) is 0.497. The molecule has 1 fully saturated rings. The first-order valence-corrected chi connectivity index (χ1v) is 6.21. The van der Waals surface area contributed by atoms with Crippen molar-refractivity contribution >= 4 is 11.9 Å². The van der Waals surface area contributed by atoms with Crippen molar-refractivity contribution in [3.63, 3.8) is 0 Å². The van der Waals surface area contributed by atoms with E-state index < -0.39 is 6.09 Å². The molecule has 6 nitrogen and oxygen atoms in total. The van der Waals surface area contributed by atoms with Crippen LogP contribution in [0.3, 0.4) is 0 Å². The minimum absolute atomic E-state index is 0.0276. The van der Waals surface area contributed by atoms with Crippen molar-refractivity contribution in [1.82, 2.24) is 4.90 Å². The molecule has 6 heteroatoms. The number of oxime groups is 1. The fraction of sp³-hybridized carbons (Fsp3) is 0.833. The molecule has 1 rings (SSSR count). The summed E-state index contributed by atoms with van der Waals surface area (Å²) in [5, 5.41) is 20.8. The Balaban J connectivity index is 2.77. The minimum atomic E-state index is -0.864. The number of rotatable bonds is 2. The van der Waals surface area contributed by atoms with Crippen LogP contribution in [0.1, 0.15) is 40.0 Å². The van der Waals surface area contributed by atoms with Crippen LogP contribution in [0.2, 0.25) is 0 Å². The molecule has 0 aromatic heterocycles. The van der Waals surface area contributed by atoms with E-state index in [1.54, 1.807) is 0 Å². The second kappa shape index (κ2) is 5.46. The predicted octanol–water partition coefficient (Wildman–Crippen LogP) is 1.93. The first-order valence-electron chi connectivity index (χ1n) is 6.21. The lowest BCUT2D eigenvalue weighted by Gasteiger charge is -2.44. The lowest BCUT2D eigenvalue weighted by atomic mass is 9.76. The van der Waals surface area contributed by atoms with Gasteiger partial charge in [-0.1, -0.05) is 25.9 Å². The Hall–Kier alpha value is -1.46. The van der Waals surface area contributed by atoms with E-state index in [4.69, 9.17) is 10.9 Å². The van der Waals surface area contributed by atoms with Crippen LogP contribution in [-0.2, 0) is 0 Å². The van der Waals surface area contributed by atoms with Crippen LogP contribution in [0.25, 0.3) is 0 Å². The van der Waals surface area contributed by atoms with Gasteiger partial charge in [0.1, 0.15) is 5.84 Å². The van der Waals surface area contributed by atoms with Crippen LogP contribution in [0, 0.1) is 11.3 Å². The third-order valence-electron chi connectivity index (χ3n) is 3.58. The van der Waals surface area contributed by atoms with Gasteiger partial charge in [0.25, 0.3) is 0 Å². The quantitative estimate of drug-likeness (QED) is 0.304. The monoisotopic (exact) mass is 257 g/mol. The van der Waals surface area contributed by atoms with Crippen molar-refractivity contribution in [2.75, 3.05) is 6.54 Å². The molecule has 0 aromatic rings. The van der Waals surface area contributed by atoms with Gasteiger partial charge in [-0.2, -0.15) is 0 Å². The zero-order valence-corrected chi connectivity index (χ0v) is 11.3. The zero-order valence-electron chi connectivity index (χ0n) is 11.3. The van der Waals surface area contributed by atoms with Crippen molar-refractivity contribution in [2.45, 2.75) is 46.1 Å². The smallest absolute Gasteiger partial charge is 0.407 e. The highest BCUT2D eigenvalue weighted by Gasteiger charge is 2.38. The maximum Gasteiger partial charge on any atom is 0.407 e. The Labute approximate surface area is 107 Å². The van der Waals surface area contributed by atoms with Crippen LogP contribution >= 0.6 is 0 Å². The topological polar surface area (TPSA) is 99.2 Å². The molecule has 2 atom stereocenters. The van der Waals surface area contributed by atoms with E-state index >= 15 is 0 Å². The fourth-order valence-corrected chi connectivity index (χ4v) is 2.61. The molecule has 1 aliphatic heterocycles. The third kappa shape index (κ3) is 3.51. The molecular weight excluding hydrogens is 234 g/mol. The molecule has 0 radical (unpaired) electrons. The first-order chi connectivity index (χ1) is 8.25. The highest BCUT2D eigenvalue weighted by atomic mass is 16.4. The number of nitrogens with two attached hydrogens (primary N) is 1. The summed E-state index contributed by atoms with van der Waals surface area (Å²) in [6.07, 6.45) is 1.18. The van der Waals surface area contributed by atoms with E-state index in [-0.39, 0.29) is 23.2 Å². The molecule has 0 bridgehead atoms. The summed E-state index contributed by atoms with van der Waals surface area (Å²) in [7, 11) is 0. The standard InChI is InChI=1S/C12H23N3O3/c1-12(2,3)9-6-8(7-10(13)14-18)4-5-15(9)11(16)17/h8-9,18H,4-7H2,1-3H3,(H2,13,14)(H,16,17). The molecule has 0 aromatic carbocycles. The number of piperidine rings is 1. The number of carbonyl (C=O) groups is 1. The maximum atomic E-state index is 11.2. The number of hydrogen-bond donors (Lipinski definition) is 3. The Morgan fingerprint density at radius 1 is 1.50 bits per heavy atom. The van der Waals surface area contributed by atoms with E-state index in [1.807, 2.05) is 20.8 Å². The van der Waals surface area contributed by atoms with Gasteiger partial charge in [-0.3, -0.25) is 0 Å². The van der Waals surface area contributed by atoms with Crippen molar-refractivity contribution in [1.29, 1.82) is 0 Å². The van der Waals surface area contributed by atoms with E-state index in [2.05, 4.69) is 5.16 Å². The molecular formula is C12H23N3O3. The van der Waals surface area contributed by atoms with Gasteiger partial charge >= 0.3 is 6.09 Å². The van der Waals surface area contributed by atoms with E-state index in [9.17, 15) is 9.90 Å². The van der Waals surface area contributed by atoms with Crippen LogP contribution in [0.4, 0.5) is 4.79 Å². The second-order valence-electron chi connectivity index (χ2n) is 6.04. The molecule has 0 aliphatic carbocycles. The summed E-state index contributed by atoms with van der Waals surface area (Å²) < 4.78 is 0. The minimum Gasteiger partial charge on any atom is -0.465 e. The van der Waals surface area contributed by atoms with Gasteiger partial charge in [0.2, 0.25) is 0 Å². The Morgan fingerprint density at radius 3 is 2.56 bits per heavy atom. The average molecular weight is 257 g/mol. The van der Waals surface area contributed by atoms with Crippen LogP contribution < -0.4 is 5.73 Å². The molecule has 1 aliphatic rings. The normalized spacial score (nSPS) is 26.2. The summed E-state index contributed by atoms with van der Waals surface area (Å²) in [5.41, 5.74) is 5.41. The number of hydrogen-bond acceptors (Lipinski definition) is 3. The summed E-state index contributed by atoms with van der Waals surface area (Å²) in [6.45, 7) is 6.64. The number of amidine groups is 1. The SMILES string of the molecule is CC(C)(C)C1CC(CC(N)=NO)CCN1C(=O)O. The van der Waals surface area contributed by atoms with Gasteiger partial charge in [0, 0.05) is 19.0 Å². The molecule has 18 heavy (non-hydrogen) atoms. The van der Waals surface area contributed by atoms with Gasteiger partial charge in [0.15, 0.2) is 0 Å². The highest BCUT2D eigenvalue weighted by molar-refractivity contribution is 5.79. The zero-order chi connectivity index (χ0) is 13.9. The molecule has 1 saturated heterocycles. The van der Waals surface area contributed by atoms with Gasteiger partial charge in [-0.05, 0) is 24.2 Å². The summed E-state index contributed by atoms with van der Waals surface area (Å²) in [4.78, 5) is 12.8. The van der Waals surface area contributed by atoms with Gasteiger partial charge in [-0.25, -0.2) is 4.79 Å². The Morgan fingerprint density at radius 2 is 2.11 bits per heavy atom. The van der Waals surface area contributed by atoms with E-state index in [1.165, 1.54) is 4.90 Å². The van der Waals surface area contributed by atoms with Crippen LogP contribution in [0.5, 0.6) is 0 Å². The van der Waals surface area contributed by atoms with Crippen molar-refractivity contribution in [3.05, 3.63) is 0 Å². The highest BCUT2D eigenvalue weighted by Crippen LogP contribution is 2.35. The molecule has 104 valence electrons. The van der Waals surface area contributed by atoms with Crippen molar-refractivity contribution < 1.29 is 15.1 Å². The van der Waals surface area contributed by atoms with Crippen molar-refractivity contribution in [3.8, 4) is 0 Å².